The third-order valence-corrected chi connectivity index (χ3v) is 5.21. The molecule has 1 atom stereocenters. The minimum atomic E-state index is -0.769. The summed E-state index contributed by atoms with van der Waals surface area (Å²) in [6.45, 7) is 0.345. The highest BCUT2D eigenvalue weighted by molar-refractivity contribution is 6.31. The van der Waals surface area contributed by atoms with Crippen molar-refractivity contribution in [1.82, 2.24) is 0 Å². The van der Waals surface area contributed by atoms with E-state index >= 15 is 0 Å². The first-order valence-corrected chi connectivity index (χ1v) is 10.4. The van der Waals surface area contributed by atoms with Crippen molar-refractivity contribution in [3.8, 4) is 5.75 Å². The monoisotopic (exact) mass is 431 g/mol. The molecular weight excluding hydrogens is 410 g/mol. The van der Waals surface area contributed by atoms with E-state index in [9.17, 15) is 9.90 Å². The fraction of sp³-hybridized carbons (Fsp3) is 0.115. The van der Waals surface area contributed by atoms with Gasteiger partial charge in [-0.15, -0.1) is 0 Å². The van der Waals surface area contributed by atoms with Gasteiger partial charge < -0.3 is 15.2 Å². The van der Waals surface area contributed by atoms with Crippen LogP contribution in [0.2, 0.25) is 5.02 Å². The third-order valence-electron chi connectivity index (χ3n) is 4.97. The zero-order valence-electron chi connectivity index (χ0n) is 16.8. The maximum Gasteiger partial charge on any atom is 0.195 e. The molecule has 2 N–H and O–H groups in total. The molecule has 0 amide bonds. The first-order valence-electron chi connectivity index (χ1n) is 10.0. The molecule has 0 bridgehead atoms. The van der Waals surface area contributed by atoms with Gasteiger partial charge in [-0.05, 0) is 29.7 Å². The molecule has 0 radical (unpaired) electrons. The lowest BCUT2D eigenvalue weighted by Gasteiger charge is -2.17. The third kappa shape index (κ3) is 5.05. The number of hydrogen-bond donors (Lipinski definition) is 2. The SMILES string of the molecule is O=C(c1ccccc1)c1cc(Cl)ccc1NCC(O)COc1cccc2ccccc12. The lowest BCUT2D eigenvalue weighted by Crippen LogP contribution is -2.27. The van der Waals surface area contributed by atoms with Crippen LogP contribution in [-0.4, -0.2) is 30.1 Å². The first kappa shape index (κ1) is 20.9. The Morgan fingerprint density at radius 3 is 2.52 bits per heavy atom. The van der Waals surface area contributed by atoms with E-state index < -0.39 is 6.10 Å². The van der Waals surface area contributed by atoms with Crippen molar-refractivity contribution in [2.24, 2.45) is 0 Å². The van der Waals surface area contributed by atoms with Crippen molar-refractivity contribution >= 4 is 33.8 Å². The molecular formula is C26H22ClNO3. The van der Waals surface area contributed by atoms with Gasteiger partial charge in [-0.2, -0.15) is 0 Å². The van der Waals surface area contributed by atoms with Crippen molar-refractivity contribution in [3.63, 3.8) is 0 Å². The van der Waals surface area contributed by atoms with Crippen LogP contribution in [0.1, 0.15) is 15.9 Å². The summed E-state index contributed by atoms with van der Waals surface area (Å²) in [7, 11) is 0. The highest BCUT2D eigenvalue weighted by atomic mass is 35.5. The number of aliphatic hydroxyl groups excluding tert-OH is 1. The van der Waals surface area contributed by atoms with Crippen LogP contribution in [0.15, 0.2) is 91.0 Å². The second kappa shape index (κ2) is 9.65. The molecule has 4 nitrogen and oxygen atoms in total. The molecule has 0 aromatic heterocycles. The predicted octanol–water partition coefficient (Wildman–Crippen LogP) is 5.58. The summed E-state index contributed by atoms with van der Waals surface area (Å²) in [5.41, 5.74) is 1.65. The molecule has 4 rings (SSSR count). The Morgan fingerprint density at radius 2 is 1.68 bits per heavy atom. The van der Waals surface area contributed by atoms with Gasteiger partial charge in [0.25, 0.3) is 0 Å². The van der Waals surface area contributed by atoms with E-state index in [-0.39, 0.29) is 18.9 Å². The largest absolute Gasteiger partial charge is 0.490 e. The molecule has 1 unspecified atom stereocenters. The first-order chi connectivity index (χ1) is 15.1. The van der Waals surface area contributed by atoms with E-state index in [1.807, 2.05) is 60.7 Å². The number of nitrogens with one attached hydrogen (secondary N) is 1. The van der Waals surface area contributed by atoms with Gasteiger partial charge in [-0.3, -0.25) is 4.79 Å². The Hall–Kier alpha value is -3.34. The van der Waals surface area contributed by atoms with Gasteiger partial charge in [-0.1, -0.05) is 78.3 Å². The number of carbonyl (C=O) groups excluding carboxylic acids is 1. The van der Waals surface area contributed by atoms with Crippen LogP contribution in [0, 0.1) is 0 Å². The summed E-state index contributed by atoms with van der Waals surface area (Å²) < 4.78 is 5.86. The van der Waals surface area contributed by atoms with Gasteiger partial charge in [0.2, 0.25) is 0 Å². The minimum absolute atomic E-state index is 0.122. The number of benzene rings is 4. The second-order valence-electron chi connectivity index (χ2n) is 7.21. The zero-order chi connectivity index (χ0) is 21.6. The average Bonchev–Trinajstić information content (AvgIpc) is 2.82. The van der Waals surface area contributed by atoms with Crippen LogP contribution in [0.25, 0.3) is 10.8 Å². The number of ketones is 1. The molecule has 4 aromatic carbocycles. The molecule has 0 heterocycles. The Labute approximate surface area is 186 Å². The highest BCUT2D eigenvalue weighted by Gasteiger charge is 2.15. The summed E-state index contributed by atoms with van der Waals surface area (Å²) in [6.07, 6.45) is -0.769. The van der Waals surface area contributed by atoms with Crippen molar-refractivity contribution < 1.29 is 14.6 Å². The predicted molar refractivity (Wildman–Crippen MR) is 125 cm³/mol. The smallest absolute Gasteiger partial charge is 0.195 e. The summed E-state index contributed by atoms with van der Waals surface area (Å²) >= 11 is 6.13. The lowest BCUT2D eigenvalue weighted by molar-refractivity contribution is 0.103. The summed E-state index contributed by atoms with van der Waals surface area (Å²) in [5, 5.41) is 16.2. The minimum Gasteiger partial charge on any atom is -0.490 e. The molecule has 0 spiro atoms. The van der Waals surface area contributed by atoms with Gasteiger partial charge in [0, 0.05) is 33.8 Å². The molecule has 4 aromatic rings. The fourth-order valence-electron chi connectivity index (χ4n) is 3.40. The second-order valence-corrected chi connectivity index (χ2v) is 7.64. The van der Waals surface area contributed by atoms with Crippen molar-refractivity contribution in [2.75, 3.05) is 18.5 Å². The molecule has 0 aliphatic carbocycles. The lowest BCUT2D eigenvalue weighted by atomic mass is 10.0. The number of aliphatic hydroxyl groups is 1. The quantitative estimate of drug-likeness (QED) is 0.358. The number of carbonyl (C=O) groups is 1. The van der Waals surface area contributed by atoms with Gasteiger partial charge in [0.1, 0.15) is 18.5 Å². The van der Waals surface area contributed by atoms with Gasteiger partial charge in [0.05, 0.1) is 0 Å². The summed E-state index contributed by atoms with van der Waals surface area (Å²) in [4.78, 5) is 12.9. The highest BCUT2D eigenvalue weighted by Crippen LogP contribution is 2.26. The van der Waals surface area contributed by atoms with Gasteiger partial charge in [-0.25, -0.2) is 0 Å². The Balaban J connectivity index is 1.42. The molecule has 156 valence electrons. The molecule has 31 heavy (non-hydrogen) atoms. The van der Waals surface area contributed by atoms with Crippen LogP contribution in [0.5, 0.6) is 5.75 Å². The zero-order valence-corrected chi connectivity index (χ0v) is 17.5. The van der Waals surface area contributed by atoms with Crippen LogP contribution in [0.3, 0.4) is 0 Å². The Kier molecular flexibility index (Phi) is 6.51. The standard InChI is InChI=1S/C26H22ClNO3/c27-20-13-14-24(23(15-20)26(30)19-8-2-1-3-9-19)28-16-21(29)17-31-25-12-6-10-18-7-4-5-11-22(18)25/h1-15,21,28-29H,16-17H2. The van der Waals surface area contributed by atoms with E-state index in [1.165, 1.54) is 0 Å². The van der Waals surface area contributed by atoms with E-state index in [4.69, 9.17) is 16.3 Å². The van der Waals surface area contributed by atoms with Crippen molar-refractivity contribution in [3.05, 3.63) is 107 Å². The van der Waals surface area contributed by atoms with Crippen LogP contribution in [0.4, 0.5) is 5.69 Å². The van der Waals surface area contributed by atoms with Crippen molar-refractivity contribution in [2.45, 2.75) is 6.10 Å². The number of fused-ring (bicyclic) bond motifs is 1. The van der Waals surface area contributed by atoms with E-state index in [0.29, 0.717) is 21.8 Å². The maximum absolute atomic E-state index is 12.9. The number of ether oxygens (including phenoxy) is 1. The topological polar surface area (TPSA) is 58.6 Å². The summed E-state index contributed by atoms with van der Waals surface area (Å²) in [5.74, 6) is 0.593. The number of halogens is 1. The molecule has 0 saturated carbocycles. The fourth-order valence-corrected chi connectivity index (χ4v) is 3.57. The van der Waals surface area contributed by atoms with Gasteiger partial charge in [0.15, 0.2) is 5.78 Å². The molecule has 0 aliphatic rings. The molecule has 0 saturated heterocycles. The van der Waals surface area contributed by atoms with E-state index in [0.717, 1.165) is 16.5 Å². The Bertz CT molecular complexity index is 1190. The van der Waals surface area contributed by atoms with Crippen LogP contribution >= 0.6 is 11.6 Å². The molecule has 0 aliphatic heterocycles. The van der Waals surface area contributed by atoms with E-state index in [1.54, 1.807) is 30.3 Å². The van der Waals surface area contributed by atoms with Crippen molar-refractivity contribution in [1.29, 1.82) is 0 Å². The number of anilines is 1. The maximum atomic E-state index is 12.9. The van der Waals surface area contributed by atoms with E-state index in [2.05, 4.69) is 5.32 Å². The number of hydrogen-bond acceptors (Lipinski definition) is 4. The van der Waals surface area contributed by atoms with Gasteiger partial charge >= 0.3 is 0 Å². The van der Waals surface area contributed by atoms with Crippen LogP contribution in [-0.2, 0) is 0 Å². The molecule has 5 heteroatoms. The molecule has 0 fully saturated rings. The number of rotatable bonds is 8. The van der Waals surface area contributed by atoms with Crippen LogP contribution < -0.4 is 10.1 Å². The summed E-state index contributed by atoms with van der Waals surface area (Å²) in [6, 6.07) is 27.9. The average molecular weight is 432 g/mol. The normalized spacial score (nSPS) is 11.8. The Morgan fingerprint density at radius 1 is 0.935 bits per heavy atom.